The minimum atomic E-state index is -0.821. The summed E-state index contributed by atoms with van der Waals surface area (Å²) in [5.74, 6) is 1.32. The predicted octanol–water partition coefficient (Wildman–Crippen LogP) is 4.03. The van der Waals surface area contributed by atoms with Crippen molar-refractivity contribution in [3.8, 4) is 28.5 Å². The minimum Gasteiger partial charge on any atom is -0.508 e. The van der Waals surface area contributed by atoms with Crippen molar-refractivity contribution in [3.05, 3.63) is 71.7 Å². The molecule has 4 rings (SSSR count). The first-order chi connectivity index (χ1) is 15.0. The van der Waals surface area contributed by atoms with E-state index in [1.54, 1.807) is 18.2 Å². The number of phenolic OH excluding ortho intramolecular Hbond substituents is 1. The van der Waals surface area contributed by atoms with E-state index in [0.29, 0.717) is 5.75 Å². The minimum absolute atomic E-state index is 0.0530. The van der Waals surface area contributed by atoms with Gasteiger partial charge in [0.05, 0.1) is 6.20 Å². The van der Waals surface area contributed by atoms with Crippen LogP contribution < -0.4 is 10.5 Å². The van der Waals surface area contributed by atoms with Gasteiger partial charge in [-0.05, 0) is 47.0 Å². The van der Waals surface area contributed by atoms with Crippen molar-refractivity contribution >= 4 is 17.7 Å². The van der Waals surface area contributed by atoms with E-state index in [0.717, 1.165) is 60.1 Å². The lowest BCUT2D eigenvalue weighted by Gasteiger charge is -2.27. The molecule has 0 bridgehead atoms. The van der Waals surface area contributed by atoms with Gasteiger partial charge in [-0.1, -0.05) is 18.2 Å². The molecule has 0 saturated carbocycles. The van der Waals surface area contributed by atoms with Crippen molar-refractivity contribution in [2.75, 3.05) is 24.6 Å². The third-order valence-electron chi connectivity index (χ3n) is 5.03. The molecule has 1 aromatic heterocycles. The number of thioether (sulfide) groups is 1. The second kappa shape index (κ2) is 9.36. The number of amides is 1. The average Bonchev–Trinajstić information content (AvgIpc) is 2.76. The number of carbonyl (C=O) groups excluding carboxylic acids is 1. The number of phenols is 1. The number of nitrogens with zero attached hydrogens (tertiary/aromatic N) is 2. The molecule has 2 heterocycles. The smallest absolute Gasteiger partial charge is 0.254 e. The van der Waals surface area contributed by atoms with Crippen LogP contribution in [0.15, 0.2) is 54.7 Å². The van der Waals surface area contributed by atoms with E-state index in [2.05, 4.69) is 9.88 Å². The fourth-order valence-corrected chi connectivity index (χ4v) is 4.49. The molecule has 0 aliphatic carbocycles. The van der Waals surface area contributed by atoms with E-state index in [4.69, 9.17) is 10.5 Å². The number of aromatic nitrogens is 1. The lowest BCUT2D eigenvalue weighted by molar-refractivity contribution is 0.0997. The van der Waals surface area contributed by atoms with Crippen LogP contribution in [0.1, 0.15) is 15.9 Å². The molecule has 3 N–H and O–H groups in total. The van der Waals surface area contributed by atoms with Crippen LogP contribution in [0.5, 0.6) is 17.4 Å². The summed E-state index contributed by atoms with van der Waals surface area (Å²) in [6.45, 7) is 2.75. The van der Waals surface area contributed by atoms with Crippen LogP contribution >= 0.6 is 11.8 Å². The van der Waals surface area contributed by atoms with Gasteiger partial charge in [-0.2, -0.15) is 11.8 Å². The summed E-state index contributed by atoms with van der Waals surface area (Å²) in [6.07, 6.45) is 0.973. The molecule has 160 valence electrons. The molecule has 0 atom stereocenters. The topological polar surface area (TPSA) is 88.7 Å². The molecule has 2 aromatic carbocycles. The van der Waals surface area contributed by atoms with E-state index < -0.39 is 11.7 Å². The number of primary amides is 1. The van der Waals surface area contributed by atoms with Crippen LogP contribution in [0.4, 0.5) is 4.39 Å². The maximum atomic E-state index is 13.4. The number of rotatable bonds is 6. The zero-order valence-electron chi connectivity index (χ0n) is 16.8. The Bertz CT molecular complexity index is 1100. The number of halogens is 1. The fraction of sp³-hybridized carbons (Fsp3) is 0.217. The molecule has 1 aliphatic heterocycles. The summed E-state index contributed by atoms with van der Waals surface area (Å²) in [5.41, 5.74) is 8.08. The highest BCUT2D eigenvalue weighted by molar-refractivity contribution is 7.99. The lowest BCUT2D eigenvalue weighted by atomic mass is 9.98. The number of hydrogen-bond acceptors (Lipinski definition) is 6. The van der Waals surface area contributed by atoms with Gasteiger partial charge in [0.25, 0.3) is 5.91 Å². The van der Waals surface area contributed by atoms with Gasteiger partial charge >= 0.3 is 0 Å². The monoisotopic (exact) mass is 439 g/mol. The van der Waals surface area contributed by atoms with Crippen LogP contribution in [-0.2, 0) is 6.54 Å². The zero-order valence-corrected chi connectivity index (χ0v) is 17.6. The number of hydrogen-bond donors (Lipinski definition) is 2. The van der Waals surface area contributed by atoms with Crippen LogP contribution in [0.3, 0.4) is 0 Å². The number of carbonyl (C=O) groups is 1. The first kappa shape index (κ1) is 21.1. The Labute approximate surface area is 183 Å². The second-order valence-corrected chi connectivity index (χ2v) is 8.46. The number of benzene rings is 2. The van der Waals surface area contributed by atoms with Crippen LogP contribution in [-0.4, -0.2) is 45.5 Å². The highest BCUT2D eigenvalue weighted by atomic mass is 32.2. The van der Waals surface area contributed by atoms with E-state index >= 15 is 0 Å². The zero-order chi connectivity index (χ0) is 21.8. The summed E-state index contributed by atoms with van der Waals surface area (Å²) >= 11 is 1.95. The summed E-state index contributed by atoms with van der Waals surface area (Å²) < 4.78 is 19.2. The summed E-state index contributed by atoms with van der Waals surface area (Å²) in [5, 5.41) is 10.0. The molecule has 0 unspecified atom stereocenters. The van der Waals surface area contributed by atoms with Gasteiger partial charge in [0.2, 0.25) is 5.88 Å². The summed E-state index contributed by atoms with van der Waals surface area (Å²) in [4.78, 5) is 17.9. The van der Waals surface area contributed by atoms with Gasteiger partial charge in [0.15, 0.2) is 0 Å². The second-order valence-electron chi connectivity index (χ2n) is 7.23. The Kier molecular flexibility index (Phi) is 6.39. The molecule has 1 saturated heterocycles. The Morgan fingerprint density at radius 1 is 1.19 bits per heavy atom. The molecule has 0 spiro atoms. The van der Waals surface area contributed by atoms with Crippen molar-refractivity contribution in [1.82, 2.24) is 9.88 Å². The molecular formula is C23H22FN3O3S. The van der Waals surface area contributed by atoms with Crippen molar-refractivity contribution in [1.29, 1.82) is 0 Å². The van der Waals surface area contributed by atoms with E-state index in [1.807, 2.05) is 36.0 Å². The third kappa shape index (κ3) is 5.15. The molecule has 0 radical (unpaired) electrons. The first-order valence-corrected chi connectivity index (χ1v) is 11.0. The summed E-state index contributed by atoms with van der Waals surface area (Å²) in [7, 11) is 0. The van der Waals surface area contributed by atoms with Gasteiger partial charge in [-0.15, -0.1) is 0 Å². The van der Waals surface area contributed by atoms with Gasteiger partial charge in [-0.25, -0.2) is 9.37 Å². The molecule has 1 aliphatic rings. The van der Waals surface area contributed by atoms with Gasteiger partial charge < -0.3 is 15.6 Å². The molecule has 31 heavy (non-hydrogen) atoms. The number of aromatic hydroxyl groups is 1. The standard InChI is InChI=1S/C23H22FN3O3S/c24-17-12-21(22(25)29)23(26-13-17)30-19-3-1-2-15(11-19)20-5-4-18(28)10-16(20)14-27-6-8-31-9-7-27/h1-5,10-13,28H,6-9,14H2,(H2,25,29). The molecule has 3 aromatic rings. The number of nitrogens with two attached hydrogens (primary N) is 1. The van der Waals surface area contributed by atoms with E-state index in [-0.39, 0.29) is 17.2 Å². The molecular weight excluding hydrogens is 417 g/mol. The molecule has 1 amide bonds. The van der Waals surface area contributed by atoms with Gasteiger partial charge in [-0.3, -0.25) is 9.69 Å². The lowest BCUT2D eigenvalue weighted by Crippen LogP contribution is -2.32. The normalized spacial score (nSPS) is 14.4. The molecule has 6 nitrogen and oxygen atoms in total. The highest BCUT2D eigenvalue weighted by Gasteiger charge is 2.16. The Morgan fingerprint density at radius 2 is 2.00 bits per heavy atom. The highest BCUT2D eigenvalue weighted by Crippen LogP contribution is 2.32. The maximum absolute atomic E-state index is 13.4. The van der Waals surface area contributed by atoms with Gasteiger partial charge in [0.1, 0.15) is 22.9 Å². The fourth-order valence-electron chi connectivity index (χ4n) is 3.52. The average molecular weight is 440 g/mol. The SMILES string of the molecule is NC(=O)c1cc(F)cnc1Oc1cccc(-c2ccc(O)cc2CN2CCSCC2)c1. The number of pyridine rings is 1. The van der Waals surface area contributed by atoms with Crippen molar-refractivity contribution in [2.45, 2.75) is 6.54 Å². The maximum Gasteiger partial charge on any atom is 0.254 e. The quantitative estimate of drug-likeness (QED) is 0.603. The van der Waals surface area contributed by atoms with E-state index in [1.165, 1.54) is 0 Å². The molecule has 1 fully saturated rings. The third-order valence-corrected chi connectivity index (χ3v) is 5.97. The largest absolute Gasteiger partial charge is 0.508 e. The van der Waals surface area contributed by atoms with E-state index in [9.17, 15) is 14.3 Å². The van der Waals surface area contributed by atoms with Crippen LogP contribution in [0.25, 0.3) is 11.1 Å². The Balaban J connectivity index is 1.64. The van der Waals surface area contributed by atoms with Crippen LogP contribution in [0.2, 0.25) is 0 Å². The number of ether oxygens (including phenoxy) is 1. The van der Waals surface area contributed by atoms with Crippen molar-refractivity contribution < 1.29 is 19.0 Å². The predicted molar refractivity (Wildman–Crippen MR) is 119 cm³/mol. The van der Waals surface area contributed by atoms with Gasteiger partial charge in [0, 0.05) is 31.1 Å². The Hall–Kier alpha value is -3.10. The van der Waals surface area contributed by atoms with Crippen molar-refractivity contribution in [2.24, 2.45) is 5.73 Å². The Morgan fingerprint density at radius 3 is 2.77 bits per heavy atom. The van der Waals surface area contributed by atoms with Crippen molar-refractivity contribution in [3.63, 3.8) is 0 Å². The first-order valence-electron chi connectivity index (χ1n) is 9.85. The molecule has 8 heteroatoms. The summed E-state index contributed by atoms with van der Waals surface area (Å²) in [6, 6.07) is 13.6. The van der Waals surface area contributed by atoms with Crippen LogP contribution in [0, 0.1) is 5.82 Å².